The van der Waals surface area contributed by atoms with Gasteiger partial charge in [-0.3, -0.25) is 24.3 Å². The third-order valence-corrected chi connectivity index (χ3v) is 3.72. The summed E-state index contributed by atoms with van der Waals surface area (Å²) in [5.41, 5.74) is -1.55. The largest absolute Gasteiger partial charge is 0.465 e. The molecule has 1 aromatic carbocycles. The first-order valence-electron chi connectivity index (χ1n) is 7.87. The van der Waals surface area contributed by atoms with E-state index in [9.17, 15) is 19.7 Å². The average Bonchev–Trinajstić information content (AvgIpc) is 3.14. The molecule has 0 bridgehead atoms. The van der Waals surface area contributed by atoms with E-state index in [1.54, 1.807) is 6.92 Å². The van der Waals surface area contributed by atoms with Crippen LogP contribution < -0.4 is 4.74 Å². The van der Waals surface area contributed by atoms with Gasteiger partial charge in [-0.05, 0) is 32.9 Å². The van der Waals surface area contributed by atoms with Crippen LogP contribution in [0, 0.1) is 15.5 Å². The molecule has 1 unspecified atom stereocenters. The number of imidazole rings is 1. The number of Topliss-reactive ketones (excluding diaryl/α,β-unsaturated/α-hetero) is 1. The SMILES string of the molecule is CCOC(=O)C(C)(C)C(=O)C(Oc1ccc([N+](=O)[O-])cc1)n1ccnc1. The monoisotopic (exact) mass is 361 g/mol. The summed E-state index contributed by atoms with van der Waals surface area (Å²) in [7, 11) is 0. The minimum absolute atomic E-state index is 0.102. The summed E-state index contributed by atoms with van der Waals surface area (Å²) in [6.45, 7) is 4.71. The lowest BCUT2D eigenvalue weighted by Gasteiger charge is -2.27. The first-order valence-corrected chi connectivity index (χ1v) is 7.87. The molecule has 2 aromatic rings. The van der Waals surface area contributed by atoms with Gasteiger partial charge in [-0.15, -0.1) is 0 Å². The molecule has 0 radical (unpaired) electrons. The van der Waals surface area contributed by atoms with Crippen molar-refractivity contribution in [2.75, 3.05) is 6.61 Å². The van der Waals surface area contributed by atoms with E-state index in [0.717, 1.165) is 0 Å². The van der Waals surface area contributed by atoms with Gasteiger partial charge < -0.3 is 9.47 Å². The van der Waals surface area contributed by atoms with Crippen LogP contribution in [0.2, 0.25) is 0 Å². The van der Waals surface area contributed by atoms with Crippen LogP contribution in [0.3, 0.4) is 0 Å². The Balaban J connectivity index is 2.31. The molecule has 1 heterocycles. The van der Waals surface area contributed by atoms with E-state index >= 15 is 0 Å². The summed E-state index contributed by atoms with van der Waals surface area (Å²) in [5.74, 6) is -0.961. The van der Waals surface area contributed by atoms with Gasteiger partial charge in [-0.2, -0.15) is 0 Å². The summed E-state index contributed by atoms with van der Waals surface area (Å²) in [6, 6.07) is 5.29. The number of nitro benzene ring substituents is 1. The number of carbonyl (C=O) groups excluding carboxylic acids is 2. The van der Waals surface area contributed by atoms with Gasteiger partial charge in [-0.1, -0.05) is 0 Å². The van der Waals surface area contributed by atoms with Crippen molar-refractivity contribution in [3.63, 3.8) is 0 Å². The Morgan fingerprint density at radius 1 is 1.31 bits per heavy atom. The molecule has 1 aromatic heterocycles. The molecule has 0 fully saturated rings. The van der Waals surface area contributed by atoms with Gasteiger partial charge in [0.15, 0.2) is 0 Å². The number of hydrogen-bond donors (Lipinski definition) is 0. The van der Waals surface area contributed by atoms with Gasteiger partial charge in [0.05, 0.1) is 17.9 Å². The van der Waals surface area contributed by atoms with Gasteiger partial charge >= 0.3 is 5.97 Å². The maximum atomic E-state index is 13.0. The summed E-state index contributed by atoms with van der Waals surface area (Å²) in [5, 5.41) is 10.7. The number of non-ortho nitro benzene ring substituents is 1. The number of ether oxygens (including phenoxy) is 2. The van der Waals surface area contributed by atoms with E-state index in [1.165, 1.54) is 61.4 Å². The normalized spacial score (nSPS) is 12.3. The number of esters is 1. The quantitative estimate of drug-likeness (QED) is 0.307. The zero-order chi connectivity index (χ0) is 19.3. The Hall–Kier alpha value is -3.23. The van der Waals surface area contributed by atoms with Crippen molar-refractivity contribution < 1.29 is 24.0 Å². The van der Waals surface area contributed by atoms with Crippen molar-refractivity contribution in [1.82, 2.24) is 9.55 Å². The number of benzene rings is 1. The smallest absolute Gasteiger partial charge is 0.319 e. The molecule has 0 N–H and O–H groups in total. The van der Waals surface area contributed by atoms with Crippen LogP contribution in [0.5, 0.6) is 5.75 Å². The van der Waals surface area contributed by atoms with Crippen molar-refractivity contribution in [3.8, 4) is 5.75 Å². The maximum Gasteiger partial charge on any atom is 0.319 e. The molecule has 9 nitrogen and oxygen atoms in total. The molecule has 26 heavy (non-hydrogen) atoms. The van der Waals surface area contributed by atoms with E-state index in [2.05, 4.69) is 4.98 Å². The van der Waals surface area contributed by atoms with Gasteiger partial charge in [0, 0.05) is 24.5 Å². The first kappa shape index (κ1) is 19.1. The van der Waals surface area contributed by atoms with E-state index in [1.807, 2.05) is 0 Å². The third-order valence-electron chi connectivity index (χ3n) is 3.72. The number of aromatic nitrogens is 2. The lowest BCUT2D eigenvalue weighted by molar-refractivity contribution is -0.384. The van der Waals surface area contributed by atoms with E-state index < -0.39 is 28.3 Å². The number of nitrogens with zero attached hydrogens (tertiary/aromatic N) is 3. The topological polar surface area (TPSA) is 114 Å². The zero-order valence-corrected chi connectivity index (χ0v) is 14.6. The molecule has 138 valence electrons. The average molecular weight is 361 g/mol. The molecule has 0 aliphatic rings. The molecule has 0 aliphatic carbocycles. The van der Waals surface area contributed by atoms with Gasteiger partial charge in [-0.25, -0.2) is 4.98 Å². The molecule has 0 aliphatic heterocycles. The van der Waals surface area contributed by atoms with Crippen molar-refractivity contribution >= 4 is 17.4 Å². The Kier molecular flexibility index (Phi) is 5.71. The Labute approximate surface area is 149 Å². The minimum atomic E-state index is -1.45. The first-order chi connectivity index (χ1) is 12.3. The Morgan fingerprint density at radius 3 is 2.46 bits per heavy atom. The fourth-order valence-electron chi connectivity index (χ4n) is 2.15. The van der Waals surface area contributed by atoms with Gasteiger partial charge in [0.1, 0.15) is 11.2 Å². The number of hydrogen-bond acceptors (Lipinski definition) is 7. The Morgan fingerprint density at radius 2 is 1.96 bits per heavy atom. The van der Waals surface area contributed by atoms with Crippen LogP contribution in [0.1, 0.15) is 27.0 Å². The zero-order valence-electron chi connectivity index (χ0n) is 14.6. The van der Waals surface area contributed by atoms with Crippen LogP contribution in [0.25, 0.3) is 0 Å². The fourth-order valence-corrected chi connectivity index (χ4v) is 2.15. The predicted molar refractivity (Wildman–Crippen MR) is 90.4 cm³/mol. The van der Waals surface area contributed by atoms with Crippen LogP contribution in [-0.2, 0) is 14.3 Å². The van der Waals surface area contributed by atoms with Crippen molar-refractivity contribution in [1.29, 1.82) is 0 Å². The summed E-state index contributed by atoms with van der Waals surface area (Å²) in [4.78, 5) is 39.2. The Bertz CT molecular complexity index is 783. The highest BCUT2D eigenvalue weighted by molar-refractivity contribution is 6.04. The molecular formula is C17H19N3O6. The number of rotatable bonds is 8. The van der Waals surface area contributed by atoms with Crippen molar-refractivity contribution in [2.45, 2.75) is 27.0 Å². The van der Waals surface area contributed by atoms with E-state index in [-0.39, 0.29) is 18.0 Å². The summed E-state index contributed by atoms with van der Waals surface area (Å²) < 4.78 is 12.1. The van der Waals surface area contributed by atoms with Crippen molar-refractivity contribution in [2.24, 2.45) is 5.41 Å². The molecular weight excluding hydrogens is 342 g/mol. The van der Waals surface area contributed by atoms with E-state index in [0.29, 0.717) is 0 Å². The number of carbonyl (C=O) groups is 2. The summed E-state index contributed by atoms with van der Waals surface area (Å²) in [6.07, 6.45) is 3.19. The third kappa shape index (κ3) is 4.05. The summed E-state index contributed by atoms with van der Waals surface area (Å²) >= 11 is 0. The number of ketones is 1. The highest BCUT2D eigenvalue weighted by Crippen LogP contribution is 2.29. The molecule has 2 rings (SSSR count). The van der Waals surface area contributed by atoms with Crippen molar-refractivity contribution in [3.05, 3.63) is 53.1 Å². The standard InChI is InChI=1S/C17H19N3O6/c1-4-25-16(22)17(2,3)14(21)15(19-10-9-18-11-19)26-13-7-5-12(6-8-13)20(23)24/h5-11,15H,4H2,1-3H3. The minimum Gasteiger partial charge on any atom is -0.465 e. The van der Waals surface area contributed by atoms with Crippen LogP contribution in [0.4, 0.5) is 5.69 Å². The van der Waals surface area contributed by atoms with Crippen LogP contribution in [0.15, 0.2) is 43.0 Å². The second-order valence-corrected chi connectivity index (χ2v) is 5.94. The molecule has 1 atom stereocenters. The van der Waals surface area contributed by atoms with Gasteiger partial charge in [0.25, 0.3) is 5.69 Å². The number of nitro groups is 1. The van der Waals surface area contributed by atoms with Gasteiger partial charge in [0.2, 0.25) is 12.0 Å². The molecule has 0 saturated heterocycles. The molecule has 0 amide bonds. The lowest BCUT2D eigenvalue weighted by atomic mass is 9.87. The highest BCUT2D eigenvalue weighted by atomic mass is 16.6. The molecule has 0 spiro atoms. The molecule has 0 saturated carbocycles. The van der Waals surface area contributed by atoms with Crippen LogP contribution >= 0.6 is 0 Å². The maximum absolute atomic E-state index is 13.0. The second kappa shape index (κ2) is 7.77. The predicted octanol–water partition coefficient (Wildman–Crippen LogP) is 2.53. The lowest BCUT2D eigenvalue weighted by Crippen LogP contribution is -2.41. The highest BCUT2D eigenvalue weighted by Gasteiger charge is 2.43. The van der Waals surface area contributed by atoms with E-state index in [4.69, 9.17) is 9.47 Å². The second-order valence-electron chi connectivity index (χ2n) is 5.94. The fraction of sp³-hybridized carbons (Fsp3) is 0.353. The molecule has 9 heteroatoms. The van der Waals surface area contributed by atoms with Crippen LogP contribution in [-0.4, -0.2) is 32.8 Å².